The molecule has 214 valence electrons. The number of phenols is 1. The Hall–Kier alpha value is -3.22. The molecule has 0 spiro atoms. The molecule has 0 heterocycles. The summed E-state index contributed by atoms with van der Waals surface area (Å²) in [7, 11) is 1.56. The van der Waals surface area contributed by atoms with Gasteiger partial charge in [0.1, 0.15) is 12.4 Å². The fraction of sp³-hybridized carbons (Fsp3) is 0.375. The number of nitrogens with one attached hydrogen (secondary N) is 1. The van der Waals surface area contributed by atoms with Crippen molar-refractivity contribution in [3.8, 4) is 17.2 Å². The third-order valence-electron chi connectivity index (χ3n) is 6.40. The van der Waals surface area contributed by atoms with Crippen molar-refractivity contribution in [2.75, 3.05) is 7.11 Å². The molecule has 0 aliphatic carbocycles. The minimum absolute atomic E-state index is 0.201. The number of carbonyl (C=O) groups excluding carboxylic acids is 1. The van der Waals surface area contributed by atoms with Gasteiger partial charge in [-0.1, -0.05) is 82.9 Å². The molecule has 0 bridgehead atoms. The number of amides is 1. The summed E-state index contributed by atoms with van der Waals surface area (Å²) in [6.07, 6.45) is 2.35. The van der Waals surface area contributed by atoms with Gasteiger partial charge in [-0.2, -0.15) is 5.10 Å². The monoisotopic (exact) mass is 584 g/mol. The Morgan fingerprint density at radius 2 is 1.55 bits per heavy atom. The second kappa shape index (κ2) is 13.0. The van der Waals surface area contributed by atoms with E-state index in [1.807, 2.05) is 24.3 Å². The molecule has 0 saturated heterocycles. The summed E-state index contributed by atoms with van der Waals surface area (Å²) in [5, 5.41) is 16.0. The summed E-state index contributed by atoms with van der Waals surface area (Å²) in [6, 6.07) is 14.7. The standard InChI is InChI=1S/C32H38Cl2N2O4/c1-31(2,3)23-14-20(15-24(30(23)38)32(4,5)6)10-13-29(37)36-35-18-21-9-12-27(28(17-21)39-7)40-19-22-8-11-25(33)26(34)16-22/h8-9,11-12,14-18,38H,10,13,19H2,1-7H3,(H,36,37)/b35-18-. The summed E-state index contributed by atoms with van der Waals surface area (Å²) < 4.78 is 11.4. The average molecular weight is 586 g/mol. The quantitative estimate of drug-likeness (QED) is 0.197. The molecule has 0 atom stereocenters. The van der Waals surface area contributed by atoms with Crippen molar-refractivity contribution < 1.29 is 19.4 Å². The van der Waals surface area contributed by atoms with Crippen LogP contribution >= 0.6 is 23.2 Å². The summed E-state index contributed by atoms with van der Waals surface area (Å²) in [5.41, 5.74) is 6.53. The number of phenolic OH excluding ortho intramolecular Hbond substituents is 1. The maximum absolute atomic E-state index is 12.5. The molecule has 2 N–H and O–H groups in total. The van der Waals surface area contributed by atoms with Crippen LogP contribution in [0.3, 0.4) is 0 Å². The molecule has 8 heteroatoms. The molecule has 40 heavy (non-hydrogen) atoms. The van der Waals surface area contributed by atoms with E-state index in [0.29, 0.717) is 40.3 Å². The van der Waals surface area contributed by atoms with Gasteiger partial charge in [-0.05, 0) is 75.4 Å². The highest BCUT2D eigenvalue weighted by atomic mass is 35.5. The number of hydrazone groups is 1. The van der Waals surface area contributed by atoms with Crippen molar-refractivity contribution in [2.24, 2.45) is 5.10 Å². The normalized spacial score (nSPS) is 12.0. The SMILES string of the molecule is COc1cc(/C=N\NC(=O)CCc2cc(C(C)(C)C)c(O)c(C(C)(C)C)c2)ccc1OCc1ccc(Cl)c(Cl)c1. The van der Waals surface area contributed by atoms with E-state index in [-0.39, 0.29) is 23.2 Å². The molecule has 3 aromatic rings. The van der Waals surface area contributed by atoms with E-state index in [0.717, 1.165) is 27.8 Å². The number of hydrogen-bond donors (Lipinski definition) is 2. The van der Waals surface area contributed by atoms with Gasteiger partial charge >= 0.3 is 0 Å². The van der Waals surface area contributed by atoms with Crippen LogP contribution in [0, 0.1) is 0 Å². The minimum Gasteiger partial charge on any atom is -0.507 e. The topological polar surface area (TPSA) is 80.2 Å². The van der Waals surface area contributed by atoms with Gasteiger partial charge in [0.2, 0.25) is 5.91 Å². The van der Waals surface area contributed by atoms with Gasteiger partial charge in [-0.25, -0.2) is 5.43 Å². The first kappa shape index (κ1) is 31.3. The number of aryl methyl sites for hydroxylation is 1. The smallest absolute Gasteiger partial charge is 0.240 e. The van der Waals surface area contributed by atoms with Crippen molar-refractivity contribution in [3.63, 3.8) is 0 Å². The molecule has 0 saturated carbocycles. The molecular weight excluding hydrogens is 547 g/mol. The van der Waals surface area contributed by atoms with Crippen LogP contribution in [-0.2, 0) is 28.7 Å². The lowest BCUT2D eigenvalue weighted by Crippen LogP contribution is -2.20. The summed E-state index contributed by atoms with van der Waals surface area (Å²) in [4.78, 5) is 12.5. The Bertz CT molecular complexity index is 1350. The maximum atomic E-state index is 12.5. The number of rotatable bonds is 9. The van der Waals surface area contributed by atoms with E-state index in [2.05, 4.69) is 52.1 Å². The average Bonchev–Trinajstić information content (AvgIpc) is 2.87. The molecule has 0 unspecified atom stereocenters. The van der Waals surface area contributed by atoms with E-state index in [4.69, 9.17) is 32.7 Å². The lowest BCUT2D eigenvalue weighted by molar-refractivity contribution is -0.121. The first-order valence-electron chi connectivity index (χ1n) is 13.1. The molecule has 0 aliphatic rings. The number of aromatic hydroxyl groups is 1. The predicted octanol–water partition coefficient (Wildman–Crippen LogP) is 7.96. The number of methoxy groups -OCH3 is 1. The van der Waals surface area contributed by atoms with Gasteiger partial charge in [0.25, 0.3) is 0 Å². The van der Waals surface area contributed by atoms with Gasteiger partial charge in [-0.15, -0.1) is 0 Å². The Kier molecular flexibility index (Phi) is 10.1. The fourth-order valence-electron chi connectivity index (χ4n) is 4.15. The highest BCUT2D eigenvalue weighted by Gasteiger charge is 2.26. The number of nitrogens with zero attached hydrogens (tertiary/aromatic N) is 1. The van der Waals surface area contributed by atoms with Crippen LogP contribution in [0.15, 0.2) is 53.6 Å². The zero-order valence-electron chi connectivity index (χ0n) is 24.2. The van der Waals surface area contributed by atoms with Crippen molar-refractivity contribution in [3.05, 3.63) is 86.4 Å². The minimum atomic E-state index is -0.224. The second-order valence-electron chi connectivity index (χ2n) is 11.8. The first-order valence-corrected chi connectivity index (χ1v) is 13.9. The third kappa shape index (κ3) is 8.39. The maximum Gasteiger partial charge on any atom is 0.240 e. The Morgan fingerprint density at radius 1 is 0.900 bits per heavy atom. The fourth-order valence-corrected chi connectivity index (χ4v) is 4.47. The van der Waals surface area contributed by atoms with Gasteiger partial charge in [-0.3, -0.25) is 4.79 Å². The highest BCUT2D eigenvalue weighted by molar-refractivity contribution is 6.42. The summed E-state index contributed by atoms with van der Waals surface area (Å²) in [5.74, 6) is 1.23. The van der Waals surface area contributed by atoms with Gasteiger partial charge in [0.15, 0.2) is 11.5 Å². The lowest BCUT2D eigenvalue weighted by Gasteiger charge is -2.28. The number of carbonyl (C=O) groups is 1. The number of benzene rings is 3. The van der Waals surface area contributed by atoms with Crippen molar-refractivity contribution in [1.29, 1.82) is 0 Å². The Morgan fingerprint density at radius 3 is 2.12 bits per heavy atom. The summed E-state index contributed by atoms with van der Waals surface area (Å²) in [6.45, 7) is 12.7. The molecular formula is C32H38Cl2N2O4. The van der Waals surface area contributed by atoms with E-state index >= 15 is 0 Å². The first-order chi connectivity index (χ1) is 18.7. The zero-order chi connectivity index (χ0) is 29.7. The second-order valence-corrected chi connectivity index (χ2v) is 12.6. The number of ether oxygens (including phenoxy) is 2. The third-order valence-corrected chi connectivity index (χ3v) is 7.13. The van der Waals surface area contributed by atoms with Crippen LogP contribution in [-0.4, -0.2) is 24.3 Å². The summed E-state index contributed by atoms with van der Waals surface area (Å²) >= 11 is 12.1. The van der Waals surface area contributed by atoms with E-state index in [1.165, 1.54) is 0 Å². The van der Waals surface area contributed by atoms with E-state index in [9.17, 15) is 9.90 Å². The Labute approximate surface area is 247 Å². The highest BCUT2D eigenvalue weighted by Crippen LogP contribution is 2.40. The molecule has 0 fully saturated rings. The molecule has 1 amide bonds. The number of hydrogen-bond acceptors (Lipinski definition) is 5. The van der Waals surface area contributed by atoms with Crippen molar-refractivity contribution >= 4 is 35.3 Å². The molecule has 0 radical (unpaired) electrons. The van der Waals surface area contributed by atoms with E-state index in [1.54, 1.807) is 37.6 Å². The predicted molar refractivity (Wildman–Crippen MR) is 163 cm³/mol. The van der Waals surface area contributed by atoms with Gasteiger partial charge < -0.3 is 14.6 Å². The number of halogens is 2. The van der Waals surface area contributed by atoms with Gasteiger partial charge in [0.05, 0.1) is 23.4 Å². The van der Waals surface area contributed by atoms with E-state index < -0.39 is 0 Å². The van der Waals surface area contributed by atoms with Crippen LogP contribution in [0.25, 0.3) is 0 Å². The van der Waals surface area contributed by atoms with Crippen LogP contribution in [0.4, 0.5) is 0 Å². The molecule has 0 aromatic heterocycles. The van der Waals surface area contributed by atoms with Crippen LogP contribution < -0.4 is 14.9 Å². The van der Waals surface area contributed by atoms with Gasteiger partial charge in [0, 0.05) is 6.42 Å². The van der Waals surface area contributed by atoms with Crippen molar-refractivity contribution in [1.82, 2.24) is 5.43 Å². The van der Waals surface area contributed by atoms with Crippen molar-refractivity contribution in [2.45, 2.75) is 71.8 Å². The van der Waals surface area contributed by atoms with Crippen LogP contribution in [0.1, 0.15) is 75.8 Å². The van der Waals surface area contributed by atoms with Crippen LogP contribution in [0.5, 0.6) is 17.2 Å². The Balaban J connectivity index is 1.61. The zero-order valence-corrected chi connectivity index (χ0v) is 25.7. The van der Waals surface area contributed by atoms with Crippen LogP contribution in [0.2, 0.25) is 10.0 Å². The molecule has 3 rings (SSSR count). The molecule has 3 aromatic carbocycles. The largest absolute Gasteiger partial charge is 0.507 e. The molecule has 0 aliphatic heterocycles. The molecule has 6 nitrogen and oxygen atoms in total. The lowest BCUT2D eigenvalue weighted by atomic mass is 9.78.